The highest BCUT2D eigenvalue weighted by atomic mass is 16.5. The summed E-state index contributed by atoms with van der Waals surface area (Å²) in [4.78, 5) is 24.1. The number of nitrogens with zero attached hydrogens (tertiary/aromatic N) is 4. The first-order chi connectivity index (χ1) is 11.9. The zero-order chi connectivity index (χ0) is 18.0. The van der Waals surface area contributed by atoms with Gasteiger partial charge in [-0.25, -0.2) is 9.97 Å². The summed E-state index contributed by atoms with van der Waals surface area (Å²) in [6.07, 6.45) is 4.95. The maximum Gasteiger partial charge on any atom is 0.287 e. The molecule has 3 rings (SSSR count). The van der Waals surface area contributed by atoms with E-state index in [1.54, 1.807) is 18.6 Å². The number of pyridine rings is 1. The van der Waals surface area contributed by atoms with Crippen molar-refractivity contribution in [2.75, 3.05) is 5.32 Å². The van der Waals surface area contributed by atoms with Gasteiger partial charge in [0, 0.05) is 30.2 Å². The molecule has 0 aliphatic carbocycles. The number of amides is 1. The average Bonchev–Trinajstić information content (AvgIpc) is 3.06. The van der Waals surface area contributed by atoms with Crippen LogP contribution in [-0.4, -0.2) is 26.0 Å². The van der Waals surface area contributed by atoms with E-state index in [0.29, 0.717) is 17.2 Å². The Balaban J connectivity index is 1.80. The van der Waals surface area contributed by atoms with E-state index in [1.807, 2.05) is 32.9 Å². The van der Waals surface area contributed by atoms with Crippen LogP contribution in [0.4, 0.5) is 5.95 Å². The van der Waals surface area contributed by atoms with E-state index in [0.717, 1.165) is 11.3 Å². The third kappa shape index (κ3) is 3.47. The predicted molar refractivity (Wildman–Crippen MR) is 91.7 cm³/mol. The molecule has 1 amide bonds. The molecule has 8 nitrogen and oxygen atoms in total. The van der Waals surface area contributed by atoms with E-state index in [1.165, 1.54) is 6.07 Å². The predicted octanol–water partition coefficient (Wildman–Crippen LogP) is 2.28. The first-order valence-electron chi connectivity index (χ1n) is 7.66. The third-order valence-corrected chi connectivity index (χ3v) is 3.73. The molecule has 25 heavy (non-hydrogen) atoms. The smallest absolute Gasteiger partial charge is 0.287 e. The summed E-state index contributed by atoms with van der Waals surface area (Å²) in [5.41, 5.74) is 7.77. The molecule has 0 spiro atoms. The lowest BCUT2D eigenvalue weighted by molar-refractivity contribution is 0.0965. The molecule has 3 heterocycles. The molecule has 8 heteroatoms. The van der Waals surface area contributed by atoms with Crippen molar-refractivity contribution in [3.63, 3.8) is 0 Å². The highest BCUT2D eigenvalue weighted by Crippen LogP contribution is 2.25. The van der Waals surface area contributed by atoms with Crippen LogP contribution < -0.4 is 11.1 Å². The van der Waals surface area contributed by atoms with Crippen molar-refractivity contribution in [2.24, 2.45) is 5.73 Å². The molecule has 0 radical (unpaired) electrons. The van der Waals surface area contributed by atoms with Gasteiger partial charge in [-0.05, 0) is 32.4 Å². The van der Waals surface area contributed by atoms with Crippen LogP contribution in [0.25, 0.3) is 11.3 Å². The molecule has 0 aromatic carbocycles. The number of anilines is 1. The molecule has 0 fully saturated rings. The molecule has 0 aliphatic rings. The maximum atomic E-state index is 11.1. The maximum absolute atomic E-state index is 11.1. The van der Waals surface area contributed by atoms with Gasteiger partial charge < -0.3 is 15.6 Å². The highest BCUT2D eigenvalue weighted by Gasteiger charge is 2.24. The standard InChI is InChI=1S/C17H18N6O2/c1-10-5-4-6-19-14(10)17(2,3)22-16-20-8-11(9-21-16)12-7-13(15(18)24)25-23-12/h4-9H,1-3H3,(H2,18,24)(H,20,21,22). The lowest BCUT2D eigenvalue weighted by Gasteiger charge is -2.27. The Morgan fingerprint density at radius 1 is 1.24 bits per heavy atom. The van der Waals surface area contributed by atoms with Gasteiger partial charge in [-0.3, -0.25) is 9.78 Å². The van der Waals surface area contributed by atoms with Crippen molar-refractivity contribution in [1.82, 2.24) is 20.1 Å². The molecule has 3 aromatic rings. The second kappa shape index (κ2) is 6.31. The zero-order valence-corrected chi connectivity index (χ0v) is 14.1. The van der Waals surface area contributed by atoms with Gasteiger partial charge in [0.25, 0.3) is 5.91 Å². The summed E-state index contributed by atoms with van der Waals surface area (Å²) in [5.74, 6) is -0.230. The third-order valence-electron chi connectivity index (χ3n) is 3.73. The Morgan fingerprint density at radius 3 is 2.56 bits per heavy atom. The molecule has 0 saturated heterocycles. The van der Waals surface area contributed by atoms with Gasteiger partial charge >= 0.3 is 0 Å². The second-order valence-corrected chi connectivity index (χ2v) is 6.15. The van der Waals surface area contributed by atoms with Crippen molar-refractivity contribution in [3.8, 4) is 11.3 Å². The van der Waals surface area contributed by atoms with Crippen molar-refractivity contribution in [3.05, 3.63) is 53.8 Å². The summed E-state index contributed by atoms with van der Waals surface area (Å²) < 4.78 is 4.86. The number of aromatic nitrogens is 4. The fraction of sp³-hybridized carbons (Fsp3) is 0.235. The SMILES string of the molecule is Cc1cccnc1C(C)(C)Nc1ncc(-c2cc(C(N)=O)on2)cn1. The fourth-order valence-electron chi connectivity index (χ4n) is 2.53. The van der Waals surface area contributed by atoms with E-state index in [9.17, 15) is 4.79 Å². The van der Waals surface area contributed by atoms with Gasteiger partial charge in [0.2, 0.25) is 11.7 Å². The summed E-state index contributed by atoms with van der Waals surface area (Å²) in [6, 6.07) is 5.37. The summed E-state index contributed by atoms with van der Waals surface area (Å²) >= 11 is 0. The Kier molecular flexibility index (Phi) is 4.18. The van der Waals surface area contributed by atoms with Crippen LogP contribution in [0.3, 0.4) is 0 Å². The summed E-state index contributed by atoms with van der Waals surface area (Å²) in [7, 11) is 0. The van der Waals surface area contributed by atoms with Crippen LogP contribution in [-0.2, 0) is 5.54 Å². The second-order valence-electron chi connectivity index (χ2n) is 6.15. The van der Waals surface area contributed by atoms with E-state index in [4.69, 9.17) is 10.3 Å². The van der Waals surface area contributed by atoms with E-state index in [2.05, 4.69) is 25.4 Å². The van der Waals surface area contributed by atoms with E-state index in [-0.39, 0.29) is 5.76 Å². The Labute approximate surface area is 144 Å². The molecular weight excluding hydrogens is 320 g/mol. The number of hydrogen-bond donors (Lipinski definition) is 2. The molecular formula is C17H18N6O2. The summed E-state index contributed by atoms with van der Waals surface area (Å²) in [6.45, 7) is 6.03. The fourth-order valence-corrected chi connectivity index (χ4v) is 2.53. The molecule has 0 atom stereocenters. The minimum Gasteiger partial charge on any atom is -0.363 e. The zero-order valence-electron chi connectivity index (χ0n) is 14.1. The largest absolute Gasteiger partial charge is 0.363 e. The molecule has 3 aromatic heterocycles. The van der Waals surface area contributed by atoms with E-state index < -0.39 is 11.4 Å². The number of carbonyl (C=O) groups excluding carboxylic acids is 1. The quantitative estimate of drug-likeness (QED) is 0.732. The Morgan fingerprint density at radius 2 is 1.96 bits per heavy atom. The number of primary amides is 1. The number of carbonyl (C=O) groups is 1. The van der Waals surface area contributed by atoms with Gasteiger partial charge in [-0.1, -0.05) is 11.2 Å². The first-order valence-corrected chi connectivity index (χ1v) is 7.66. The Hall–Kier alpha value is -3.29. The number of nitrogens with one attached hydrogen (secondary N) is 1. The number of nitrogens with two attached hydrogens (primary N) is 1. The van der Waals surface area contributed by atoms with E-state index >= 15 is 0 Å². The van der Waals surface area contributed by atoms with Gasteiger partial charge in [0.15, 0.2) is 0 Å². The molecule has 0 saturated carbocycles. The number of hydrogen-bond acceptors (Lipinski definition) is 7. The number of rotatable bonds is 5. The van der Waals surface area contributed by atoms with Gasteiger partial charge in [-0.15, -0.1) is 0 Å². The van der Waals surface area contributed by atoms with Crippen molar-refractivity contribution in [1.29, 1.82) is 0 Å². The van der Waals surface area contributed by atoms with Gasteiger partial charge in [-0.2, -0.15) is 0 Å². The van der Waals surface area contributed by atoms with Crippen molar-refractivity contribution in [2.45, 2.75) is 26.3 Å². The average molecular weight is 338 g/mol. The van der Waals surface area contributed by atoms with Crippen LogP contribution in [0.15, 0.2) is 41.3 Å². The molecule has 3 N–H and O–H groups in total. The lowest BCUT2D eigenvalue weighted by atomic mass is 9.96. The molecule has 0 bridgehead atoms. The number of aryl methyl sites for hydroxylation is 1. The summed E-state index contributed by atoms with van der Waals surface area (Å²) in [5, 5.41) is 7.06. The van der Waals surface area contributed by atoms with Gasteiger partial charge in [0.1, 0.15) is 5.69 Å². The van der Waals surface area contributed by atoms with Crippen LogP contribution >= 0.6 is 0 Å². The minimum absolute atomic E-state index is 0.0102. The van der Waals surface area contributed by atoms with Crippen LogP contribution in [0.2, 0.25) is 0 Å². The Bertz CT molecular complexity index is 902. The van der Waals surface area contributed by atoms with Crippen LogP contribution in [0.1, 0.15) is 35.7 Å². The van der Waals surface area contributed by atoms with Crippen molar-refractivity contribution >= 4 is 11.9 Å². The van der Waals surface area contributed by atoms with Crippen molar-refractivity contribution < 1.29 is 9.32 Å². The van der Waals surface area contributed by atoms with Crippen LogP contribution in [0.5, 0.6) is 0 Å². The van der Waals surface area contributed by atoms with Gasteiger partial charge in [0.05, 0.1) is 11.2 Å². The van der Waals surface area contributed by atoms with Crippen LogP contribution in [0, 0.1) is 6.92 Å². The lowest BCUT2D eigenvalue weighted by Crippen LogP contribution is -2.31. The first kappa shape index (κ1) is 16.6. The highest BCUT2D eigenvalue weighted by molar-refractivity contribution is 5.90. The minimum atomic E-state index is -0.676. The monoisotopic (exact) mass is 338 g/mol. The molecule has 128 valence electrons. The molecule has 0 aliphatic heterocycles. The normalized spacial score (nSPS) is 11.3. The molecule has 0 unspecified atom stereocenters. The topological polar surface area (TPSA) is 120 Å².